The molecule has 0 spiro atoms. The summed E-state index contributed by atoms with van der Waals surface area (Å²) < 4.78 is 11.4. The van der Waals surface area contributed by atoms with Crippen LogP contribution in [0.1, 0.15) is 47.0 Å². The Morgan fingerprint density at radius 3 is 2.53 bits per heavy atom. The summed E-state index contributed by atoms with van der Waals surface area (Å²) in [5.74, 6) is 0. The maximum absolute atomic E-state index is 6.03. The first-order chi connectivity index (χ1) is 7.89. The lowest BCUT2D eigenvalue weighted by atomic mass is 9.61. The minimum atomic E-state index is -0.0746. The molecule has 3 heteroatoms. The van der Waals surface area contributed by atoms with Crippen LogP contribution in [0.3, 0.4) is 0 Å². The van der Waals surface area contributed by atoms with Gasteiger partial charge in [-0.15, -0.1) is 0 Å². The van der Waals surface area contributed by atoms with Gasteiger partial charge in [0.25, 0.3) is 0 Å². The maximum atomic E-state index is 6.03. The Hall–Kier alpha value is -0.120. The van der Waals surface area contributed by atoms with Crippen LogP contribution < -0.4 is 5.32 Å². The first-order valence-electron chi connectivity index (χ1n) is 6.73. The number of nitrogens with one attached hydrogen (secondary N) is 1. The van der Waals surface area contributed by atoms with E-state index in [0.717, 1.165) is 25.9 Å². The normalized spacial score (nSPS) is 33.5. The standard InChI is InChI=1S/C14H29NO2/c1-7-14(4)11(15-5)10-12(14)17-9-8-13(2,3)16-6/h11-12,15H,7-10H2,1-6H3. The molecule has 0 aliphatic heterocycles. The van der Waals surface area contributed by atoms with Gasteiger partial charge >= 0.3 is 0 Å². The third kappa shape index (κ3) is 3.21. The fourth-order valence-corrected chi connectivity index (χ4v) is 2.55. The predicted octanol–water partition coefficient (Wildman–Crippen LogP) is 2.59. The highest BCUT2D eigenvalue weighted by Gasteiger charge is 2.50. The summed E-state index contributed by atoms with van der Waals surface area (Å²) in [5, 5.41) is 3.39. The monoisotopic (exact) mass is 243 g/mol. The summed E-state index contributed by atoms with van der Waals surface area (Å²) >= 11 is 0. The second-order valence-corrected chi connectivity index (χ2v) is 6.01. The molecular formula is C14H29NO2. The molecule has 17 heavy (non-hydrogen) atoms. The molecule has 0 amide bonds. The van der Waals surface area contributed by atoms with E-state index in [4.69, 9.17) is 9.47 Å². The van der Waals surface area contributed by atoms with E-state index in [-0.39, 0.29) is 5.60 Å². The molecule has 3 nitrogen and oxygen atoms in total. The molecule has 0 heterocycles. The second kappa shape index (κ2) is 5.68. The van der Waals surface area contributed by atoms with Crippen molar-refractivity contribution in [3.8, 4) is 0 Å². The third-order valence-corrected chi connectivity index (χ3v) is 4.67. The average molecular weight is 243 g/mol. The smallest absolute Gasteiger partial charge is 0.0658 e. The van der Waals surface area contributed by atoms with Gasteiger partial charge in [-0.3, -0.25) is 0 Å². The molecule has 3 unspecified atom stereocenters. The van der Waals surface area contributed by atoms with Gasteiger partial charge in [0.15, 0.2) is 0 Å². The van der Waals surface area contributed by atoms with Gasteiger partial charge in [-0.1, -0.05) is 13.8 Å². The molecule has 1 aliphatic rings. The van der Waals surface area contributed by atoms with Crippen LogP contribution in [0, 0.1) is 5.41 Å². The van der Waals surface area contributed by atoms with Crippen LogP contribution in [0.5, 0.6) is 0 Å². The summed E-state index contributed by atoms with van der Waals surface area (Å²) in [6.45, 7) is 9.57. The molecule has 0 saturated heterocycles. The summed E-state index contributed by atoms with van der Waals surface area (Å²) in [5.41, 5.74) is 0.223. The van der Waals surface area contributed by atoms with E-state index in [9.17, 15) is 0 Å². The molecule has 1 rings (SSSR count). The number of ether oxygens (including phenoxy) is 2. The molecule has 1 fully saturated rings. The SMILES string of the molecule is CCC1(C)C(NC)CC1OCCC(C)(C)OC. The Morgan fingerprint density at radius 2 is 2.06 bits per heavy atom. The van der Waals surface area contributed by atoms with E-state index in [1.807, 2.05) is 7.05 Å². The van der Waals surface area contributed by atoms with Crippen molar-refractivity contribution >= 4 is 0 Å². The zero-order valence-electron chi connectivity index (χ0n) is 12.3. The lowest BCUT2D eigenvalue weighted by molar-refractivity contribution is -0.136. The minimum Gasteiger partial charge on any atom is -0.379 e. The van der Waals surface area contributed by atoms with Gasteiger partial charge < -0.3 is 14.8 Å². The van der Waals surface area contributed by atoms with Crippen molar-refractivity contribution in [3.63, 3.8) is 0 Å². The summed E-state index contributed by atoms with van der Waals surface area (Å²) in [6.07, 6.45) is 3.65. The Kier molecular flexibility index (Phi) is 4.99. The minimum absolute atomic E-state index is 0.0746. The largest absolute Gasteiger partial charge is 0.379 e. The van der Waals surface area contributed by atoms with Gasteiger partial charge in [0.1, 0.15) is 0 Å². The second-order valence-electron chi connectivity index (χ2n) is 6.01. The Balaban J connectivity index is 2.34. The average Bonchev–Trinajstić information content (AvgIpc) is 2.31. The quantitative estimate of drug-likeness (QED) is 0.745. The van der Waals surface area contributed by atoms with E-state index < -0.39 is 0 Å². The number of hydrogen-bond donors (Lipinski definition) is 1. The Morgan fingerprint density at radius 1 is 1.41 bits per heavy atom. The fourth-order valence-electron chi connectivity index (χ4n) is 2.55. The first-order valence-corrected chi connectivity index (χ1v) is 6.73. The lowest BCUT2D eigenvalue weighted by Crippen LogP contribution is -2.61. The molecule has 0 radical (unpaired) electrons. The Labute approximate surface area is 106 Å². The van der Waals surface area contributed by atoms with Crippen molar-refractivity contribution in [1.82, 2.24) is 5.32 Å². The zero-order chi connectivity index (χ0) is 13.1. The van der Waals surface area contributed by atoms with Crippen LogP contribution >= 0.6 is 0 Å². The van der Waals surface area contributed by atoms with Crippen LogP contribution in [0.2, 0.25) is 0 Å². The van der Waals surface area contributed by atoms with E-state index >= 15 is 0 Å². The highest BCUT2D eigenvalue weighted by atomic mass is 16.5. The van der Waals surface area contributed by atoms with E-state index in [2.05, 4.69) is 33.0 Å². The summed E-state index contributed by atoms with van der Waals surface area (Å²) in [4.78, 5) is 0. The van der Waals surface area contributed by atoms with Gasteiger partial charge in [0, 0.05) is 25.2 Å². The molecular weight excluding hydrogens is 214 g/mol. The number of hydrogen-bond acceptors (Lipinski definition) is 3. The van der Waals surface area contributed by atoms with E-state index in [0.29, 0.717) is 17.6 Å². The number of rotatable bonds is 7. The highest BCUT2D eigenvalue weighted by molar-refractivity contribution is 5.04. The van der Waals surface area contributed by atoms with Crippen molar-refractivity contribution < 1.29 is 9.47 Å². The lowest BCUT2D eigenvalue weighted by Gasteiger charge is -2.53. The highest BCUT2D eigenvalue weighted by Crippen LogP contribution is 2.45. The Bertz CT molecular complexity index is 242. The molecule has 1 saturated carbocycles. The van der Waals surface area contributed by atoms with Crippen molar-refractivity contribution in [3.05, 3.63) is 0 Å². The van der Waals surface area contributed by atoms with Crippen LogP contribution in [0.4, 0.5) is 0 Å². The summed E-state index contributed by atoms with van der Waals surface area (Å²) in [6, 6.07) is 0.605. The summed E-state index contributed by atoms with van der Waals surface area (Å²) in [7, 11) is 3.80. The van der Waals surface area contributed by atoms with Gasteiger partial charge in [0.05, 0.1) is 11.7 Å². The van der Waals surface area contributed by atoms with Crippen molar-refractivity contribution in [2.75, 3.05) is 20.8 Å². The molecule has 102 valence electrons. The number of methoxy groups -OCH3 is 1. The van der Waals surface area contributed by atoms with Crippen LogP contribution in [-0.2, 0) is 9.47 Å². The van der Waals surface area contributed by atoms with Crippen LogP contribution in [-0.4, -0.2) is 38.5 Å². The van der Waals surface area contributed by atoms with Gasteiger partial charge in [-0.25, -0.2) is 0 Å². The maximum Gasteiger partial charge on any atom is 0.0658 e. The molecule has 0 aromatic carbocycles. The first kappa shape index (κ1) is 14.9. The van der Waals surface area contributed by atoms with E-state index in [1.54, 1.807) is 7.11 Å². The van der Waals surface area contributed by atoms with E-state index in [1.165, 1.54) is 0 Å². The molecule has 0 aromatic heterocycles. The third-order valence-electron chi connectivity index (χ3n) is 4.67. The molecule has 1 aliphatic carbocycles. The van der Waals surface area contributed by atoms with Crippen molar-refractivity contribution in [1.29, 1.82) is 0 Å². The molecule has 3 atom stereocenters. The van der Waals surface area contributed by atoms with Crippen LogP contribution in [0.15, 0.2) is 0 Å². The topological polar surface area (TPSA) is 30.5 Å². The van der Waals surface area contributed by atoms with Crippen LogP contribution in [0.25, 0.3) is 0 Å². The molecule has 0 bridgehead atoms. The van der Waals surface area contributed by atoms with Gasteiger partial charge in [-0.05, 0) is 40.2 Å². The van der Waals surface area contributed by atoms with Crippen molar-refractivity contribution in [2.24, 2.45) is 5.41 Å². The van der Waals surface area contributed by atoms with Gasteiger partial charge in [0.2, 0.25) is 0 Å². The zero-order valence-corrected chi connectivity index (χ0v) is 12.3. The predicted molar refractivity (Wildman–Crippen MR) is 71.3 cm³/mol. The fraction of sp³-hybridized carbons (Fsp3) is 1.00. The van der Waals surface area contributed by atoms with Crippen molar-refractivity contribution in [2.45, 2.75) is 64.7 Å². The molecule has 0 aromatic rings. The molecule has 1 N–H and O–H groups in total. The van der Waals surface area contributed by atoms with Gasteiger partial charge in [-0.2, -0.15) is 0 Å².